The molecule has 2 nitrogen and oxygen atoms in total. The molecule has 0 heterocycles. The fourth-order valence-electron chi connectivity index (χ4n) is 5.63. The van der Waals surface area contributed by atoms with Crippen LogP contribution in [-0.4, -0.2) is 12.6 Å². The second-order valence-corrected chi connectivity index (χ2v) is 19.8. The number of carbonyl (C=O) groups is 1. The molecule has 1 amide bonds. The van der Waals surface area contributed by atoms with Gasteiger partial charge in [0.25, 0.3) is 0 Å². The van der Waals surface area contributed by atoms with E-state index >= 15 is 0 Å². The van der Waals surface area contributed by atoms with Crippen LogP contribution in [0.4, 0.5) is 0 Å². The zero-order chi connectivity index (χ0) is 25.2. The van der Waals surface area contributed by atoms with E-state index in [1.54, 1.807) is 0 Å². The summed E-state index contributed by atoms with van der Waals surface area (Å²) in [6.45, 7) is 0.251. The minimum Gasteiger partial charge on any atom is -1.00 e. The Balaban J connectivity index is 0.00000176. The zero-order valence-corrected chi connectivity index (χ0v) is 25.7. The first-order valence-corrected chi connectivity index (χ1v) is 18.9. The second kappa shape index (κ2) is 13.0. The van der Waals surface area contributed by atoms with E-state index in [-0.39, 0.29) is 34.9 Å². The van der Waals surface area contributed by atoms with Crippen molar-refractivity contribution in [1.82, 2.24) is 3.80 Å². The van der Waals surface area contributed by atoms with Crippen molar-refractivity contribution in [1.29, 1.82) is 0 Å². The molecule has 0 radical (unpaired) electrons. The summed E-state index contributed by atoms with van der Waals surface area (Å²) < 4.78 is 4.01. The normalized spacial score (nSPS) is 11.5. The molecule has 0 spiro atoms. The van der Waals surface area contributed by atoms with Gasteiger partial charge < -0.3 is 24.8 Å². The fraction of sp³-hybridized carbons (Fsp3) is 0.0606. The van der Waals surface area contributed by atoms with Gasteiger partial charge in [0, 0.05) is 0 Å². The molecule has 0 aliphatic heterocycles. The number of halogens is 2. The molecule has 6 heteroatoms. The number of carbonyl (C=O) groups excluding carboxylic acids is 1. The first kappa shape index (κ1) is 29.1. The monoisotopic (exact) mass is 600 g/mol. The largest absolute Gasteiger partial charge is 1.00 e. The van der Waals surface area contributed by atoms with E-state index in [0.29, 0.717) is 0 Å². The number of hydrogen-bond donors (Lipinski definition) is 1. The molecule has 1 aliphatic carbocycles. The topological polar surface area (TPSA) is 29.1 Å². The molecule has 0 bridgehead atoms. The maximum atomic E-state index is 13.9. The van der Waals surface area contributed by atoms with Crippen LogP contribution in [0.15, 0.2) is 133 Å². The summed E-state index contributed by atoms with van der Waals surface area (Å²) in [5.41, 5.74) is 7.21. The summed E-state index contributed by atoms with van der Waals surface area (Å²) in [5, 5.41) is 2.80. The molecule has 5 aromatic carbocycles. The number of hydrogen-bond acceptors (Lipinski definition) is 1. The van der Waals surface area contributed by atoms with Crippen LogP contribution in [0.1, 0.15) is 31.3 Å². The molecule has 0 saturated heterocycles. The number of rotatable bonds is 6. The number of fused-ring (bicyclic) bond motifs is 3. The molecular weight excluding hydrogens is 573 g/mol. The van der Waals surface area contributed by atoms with Gasteiger partial charge >= 0.3 is 227 Å². The van der Waals surface area contributed by atoms with Crippen LogP contribution in [0.3, 0.4) is 0 Å². The van der Waals surface area contributed by atoms with Gasteiger partial charge in [-0.1, -0.05) is 0 Å². The third-order valence-electron chi connectivity index (χ3n) is 7.26. The number of amides is 1. The Morgan fingerprint density at radius 2 is 1.13 bits per heavy atom. The number of benzene rings is 5. The van der Waals surface area contributed by atoms with Gasteiger partial charge in [0.15, 0.2) is 0 Å². The standard InChI is InChI=1S/C13H9.C12H11Si.C8H9NO.2ClH.Ti/c1-3-7-12-10(5-1)9-11-6-2-4-8-13(11)12;1-3-7-11(8-4-1)13-12-9-5-2-6-10-12;1-6-3-2-4-7(5-6)8(9)10;;;/h1-9H;1-10,13H;2-5H,1H3,(H2,9,10);2*1H;/q;;;;;+3/p-3. The first-order valence-electron chi connectivity index (χ1n) is 12.7. The van der Waals surface area contributed by atoms with Crippen molar-refractivity contribution >= 4 is 22.9 Å². The number of nitrogens with one attached hydrogen (secondary N) is 1. The summed E-state index contributed by atoms with van der Waals surface area (Å²) in [6, 6.07) is 47.5. The average molecular weight is 601 g/mol. The molecule has 0 aromatic heterocycles. The first-order chi connectivity index (χ1) is 18.2. The molecule has 0 unspecified atom stereocenters. The molecule has 39 heavy (non-hydrogen) atoms. The summed E-state index contributed by atoms with van der Waals surface area (Å²) >= 11 is -2.43. The van der Waals surface area contributed by atoms with E-state index in [1.807, 2.05) is 31.2 Å². The summed E-state index contributed by atoms with van der Waals surface area (Å²) in [5.74, 6) is 0.0601. The molecule has 0 fully saturated rings. The van der Waals surface area contributed by atoms with Crippen molar-refractivity contribution in [3.05, 3.63) is 156 Å². The zero-order valence-electron chi connectivity index (χ0n) is 21.5. The van der Waals surface area contributed by atoms with Crippen molar-refractivity contribution in [3.8, 4) is 11.1 Å². The van der Waals surface area contributed by atoms with Gasteiger partial charge in [-0.05, 0) is 0 Å². The van der Waals surface area contributed by atoms with Crippen LogP contribution in [0, 0.1) is 6.92 Å². The maximum Gasteiger partial charge on any atom is -1.00 e. The summed E-state index contributed by atoms with van der Waals surface area (Å²) in [6.07, 6.45) is 0. The van der Waals surface area contributed by atoms with Crippen LogP contribution in [0.5, 0.6) is 0 Å². The third-order valence-corrected chi connectivity index (χ3v) is 20.7. The van der Waals surface area contributed by atoms with Crippen molar-refractivity contribution in [3.63, 3.8) is 0 Å². The predicted molar refractivity (Wildman–Crippen MR) is 152 cm³/mol. The van der Waals surface area contributed by atoms with E-state index in [0.717, 1.165) is 11.1 Å². The number of aryl methyl sites for hydroxylation is 1. The Bertz CT molecular complexity index is 1480. The predicted octanol–water partition coefficient (Wildman–Crippen LogP) is -0.426. The van der Waals surface area contributed by atoms with Gasteiger partial charge in [0.2, 0.25) is 0 Å². The minimum atomic E-state index is -2.43. The molecule has 193 valence electrons. The Kier molecular flexibility index (Phi) is 9.66. The van der Waals surface area contributed by atoms with E-state index in [9.17, 15) is 4.79 Å². The summed E-state index contributed by atoms with van der Waals surface area (Å²) in [7, 11) is 0. The van der Waals surface area contributed by atoms with Gasteiger partial charge in [-0.25, -0.2) is 0 Å². The molecular formula is C33H28Cl2NOSiTi. The van der Waals surface area contributed by atoms with Crippen molar-refractivity contribution in [2.75, 3.05) is 0 Å². The summed E-state index contributed by atoms with van der Waals surface area (Å²) in [4.78, 5) is 13.9. The smallest absolute Gasteiger partial charge is 1.00 e. The molecule has 0 saturated carbocycles. The van der Waals surface area contributed by atoms with Gasteiger partial charge in [0.1, 0.15) is 0 Å². The van der Waals surface area contributed by atoms with Crippen molar-refractivity contribution in [2.24, 2.45) is 0 Å². The maximum absolute atomic E-state index is 13.9. The Morgan fingerprint density at radius 3 is 1.64 bits per heavy atom. The van der Waals surface area contributed by atoms with Crippen molar-refractivity contribution in [2.45, 2.75) is 11.1 Å². The van der Waals surface area contributed by atoms with Crippen LogP contribution in [0.2, 0.25) is 0 Å². The van der Waals surface area contributed by atoms with Crippen LogP contribution >= 0.6 is 0 Å². The van der Waals surface area contributed by atoms with Gasteiger partial charge in [0.05, 0.1) is 0 Å². The van der Waals surface area contributed by atoms with E-state index in [4.69, 9.17) is 0 Å². The SMILES string of the molecule is Cc1cccc(C(=O)[NH][Ti+2]([CH]2c3ccccc3-c3ccccc32)[SiH](c2ccccc2)c2ccccc2)c1.[Cl-].[Cl-]. The van der Waals surface area contributed by atoms with E-state index in [2.05, 4.69) is 113 Å². The van der Waals surface area contributed by atoms with Crippen molar-refractivity contribution < 1.29 is 47.0 Å². The van der Waals surface area contributed by atoms with Gasteiger partial charge in [-0.3, -0.25) is 0 Å². The molecule has 5 aromatic rings. The average Bonchev–Trinajstić information content (AvgIpc) is 3.28. The van der Waals surface area contributed by atoms with Crippen LogP contribution in [0.25, 0.3) is 11.1 Å². The molecule has 1 N–H and O–H groups in total. The Labute approximate surface area is 250 Å². The second-order valence-electron chi connectivity index (χ2n) is 9.64. The molecule has 0 atom stereocenters. The molecule has 6 rings (SSSR count). The van der Waals surface area contributed by atoms with Gasteiger partial charge in [-0.15, -0.1) is 0 Å². The fourth-order valence-corrected chi connectivity index (χ4v) is 20.5. The Morgan fingerprint density at radius 1 is 0.641 bits per heavy atom. The quantitative estimate of drug-likeness (QED) is 0.264. The van der Waals surface area contributed by atoms with Crippen LogP contribution < -0.4 is 39.0 Å². The van der Waals surface area contributed by atoms with Gasteiger partial charge in [-0.2, -0.15) is 0 Å². The third kappa shape index (κ3) is 5.84. The minimum absolute atomic E-state index is 0. The van der Waals surface area contributed by atoms with Crippen LogP contribution in [-0.2, 0) is 17.4 Å². The van der Waals surface area contributed by atoms with E-state index in [1.165, 1.54) is 32.6 Å². The molecule has 1 aliphatic rings. The Hall–Kier alpha value is -2.92. The van der Waals surface area contributed by atoms with E-state index < -0.39 is 24.0 Å².